The molecule has 0 saturated heterocycles. The van der Waals surface area contributed by atoms with Crippen LogP contribution in [0.15, 0.2) is 49.1 Å². The highest BCUT2D eigenvalue weighted by Crippen LogP contribution is 2.19. The maximum absolute atomic E-state index is 12.2. The van der Waals surface area contributed by atoms with Gasteiger partial charge in [0.1, 0.15) is 0 Å². The third-order valence-corrected chi connectivity index (χ3v) is 2.82. The fourth-order valence-electron chi connectivity index (χ4n) is 1.52. The molecule has 0 bridgehead atoms. The van der Waals surface area contributed by atoms with Gasteiger partial charge in [0.2, 0.25) is 0 Å². The zero-order valence-corrected chi connectivity index (χ0v) is 14.2. The number of hydrogen-bond donors (Lipinski definition) is 0. The van der Waals surface area contributed by atoms with E-state index >= 15 is 0 Å². The molecule has 0 aliphatic carbocycles. The molecular weight excluding hydrogens is 344 g/mol. The Bertz CT molecular complexity index is 803. The van der Waals surface area contributed by atoms with E-state index in [0.29, 0.717) is 0 Å². The van der Waals surface area contributed by atoms with Crippen molar-refractivity contribution in [1.82, 2.24) is 0 Å². The monoisotopic (exact) mass is 360 g/mol. The standard InChI is InChI=1S/C18H16O8/c1-6-12-8-7-9-13(17(21)25-23-15(19)10(2)3)14(12)18(22)26-24-16(20)11(4)5/h6-9H,1-2,4H2,3,5H3. The van der Waals surface area contributed by atoms with Crippen molar-refractivity contribution in [1.29, 1.82) is 0 Å². The summed E-state index contributed by atoms with van der Waals surface area (Å²) in [4.78, 5) is 64.4. The van der Waals surface area contributed by atoms with Gasteiger partial charge in [-0.25, -0.2) is 38.7 Å². The Kier molecular flexibility index (Phi) is 7.03. The lowest BCUT2D eigenvalue weighted by Crippen LogP contribution is -2.19. The van der Waals surface area contributed by atoms with E-state index in [9.17, 15) is 19.2 Å². The van der Waals surface area contributed by atoms with Crippen LogP contribution in [0.5, 0.6) is 0 Å². The Labute approximate surface area is 149 Å². The topological polar surface area (TPSA) is 105 Å². The molecule has 0 heterocycles. The van der Waals surface area contributed by atoms with E-state index in [1.807, 2.05) is 0 Å². The first-order valence-electron chi connectivity index (χ1n) is 7.11. The third-order valence-electron chi connectivity index (χ3n) is 2.82. The van der Waals surface area contributed by atoms with Gasteiger partial charge in [0.25, 0.3) is 0 Å². The molecule has 0 saturated carbocycles. The maximum Gasteiger partial charge on any atom is 0.387 e. The molecule has 0 fully saturated rings. The van der Waals surface area contributed by atoms with Gasteiger partial charge in [0.15, 0.2) is 0 Å². The maximum atomic E-state index is 12.2. The fraction of sp³-hybridized carbons (Fsp3) is 0.111. The number of benzene rings is 1. The average Bonchev–Trinajstić information content (AvgIpc) is 2.62. The van der Waals surface area contributed by atoms with Crippen LogP contribution in [0.4, 0.5) is 0 Å². The van der Waals surface area contributed by atoms with E-state index in [1.165, 1.54) is 38.1 Å². The molecule has 0 atom stereocenters. The van der Waals surface area contributed by atoms with Crippen LogP contribution in [0.25, 0.3) is 6.08 Å². The van der Waals surface area contributed by atoms with Crippen molar-refractivity contribution in [3.05, 3.63) is 65.8 Å². The molecule has 1 rings (SSSR count). The molecule has 0 radical (unpaired) electrons. The first-order valence-corrected chi connectivity index (χ1v) is 7.11. The SMILES string of the molecule is C=Cc1cccc(C(=O)OOC(=O)C(=C)C)c1C(=O)OOC(=O)C(=C)C. The predicted octanol–water partition coefficient (Wildman–Crippen LogP) is 2.71. The van der Waals surface area contributed by atoms with E-state index < -0.39 is 23.9 Å². The lowest BCUT2D eigenvalue weighted by atomic mass is 10.0. The van der Waals surface area contributed by atoms with Crippen LogP contribution in [-0.2, 0) is 29.1 Å². The van der Waals surface area contributed by atoms with Gasteiger partial charge in [-0.05, 0) is 25.5 Å². The van der Waals surface area contributed by atoms with Gasteiger partial charge >= 0.3 is 23.9 Å². The zero-order chi connectivity index (χ0) is 19.9. The van der Waals surface area contributed by atoms with Crippen molar-refractivity contribution in [3.63, 3.8) is 0 Å². The minimum atomic E-state index is -1.16. The minimum Gasteiger partial charge on any atom is -0.242 e. The van der Waals surface area contributed by atoms with E-state index in [0.717, 1.165) is 0 Å². The van der Waals surface area contributed by atoms with E-state index in [-0.39, 0.29) is 27.8 Å². The van der Waals surface area contributed by atoms with Crippen LogP contribution >= 0.6 is 0 Å². The molecule has 0 unspecified atom stereocenters. The summed E-state index contributed by atoms with van der Waals surface area (Å²) in [6, 6.07) is 4.12. The van der Waals surface area contributed by atoms with Crippen LogP contribution < -0.4 is 0 Å². The van der Waals surface area contributed by atoms with Crippen LogP contribution in [0.1, 0.15) is 40.1 Å². The van der Waals surface area contributed by atoms with Crippen molar-refractivity contribution in [3.8, 4) is 0 Å². The zero-order valence-electron chi connectivity index (χ0n) is 14.2. The molecule has 26 heavy (non-hydrogen) atoms. The quantitative estimate of drug-likeness (QED) is 0.448. The van der Waals surface area contributed by atoms with Crippen molar-refractivity contribution in [2.24, 2.45) is 0 Å². The molecule has 0 N–H and O–H groups in total. The Morgan fingerprint density at radius 1 is 0.846 bits per heavy atom. The van der Waals surface area contributed by atoms with E-state index in [1.54, 1.807) is 0 Å². The summed E-state index contributed by atoms with van der Waals surface area (Å²) in [5.74, 6) is -4.23. The summed E-state index contributed by atoms with van der Waals surface area (Å²) in [5, 5.41) is 0. The van der Waals surface area contributed by atoms with Crippen molar-refractivity contribution < 1.29 is 38.7 Å². The minimum absolute atomic E-state index is 0.00106. The van der Waals surface area contributed by atoms with Crippen molar-refractivity contribution in [2.45, 2.75) is 13.8 Å². The van der Waals surface area contributed by atoms with Crippen LogP contribution in [0, 0.1) is 0 Å². The molecule has 8 nitrogen and oxygen atoms in total. The highest BCUT2D eigenvalue weighted by Gasteiger charge is 2.25. The average molecular weight is 360 g/mol. The molecule has 0 spiro atoms. The highest BCUT2D eigenvalue weighted by atomic mass is 17.2. The smallest absolute Gasteiger partial charge is 0.242 e. The van der Waals surface area contributed by atoms with Crippen molar-refractivity contribution in [2.75, 3.05) is 0 Å². The highest BCUT2D eigenvalue weighted by molar-refractivity contribution is 6.05. The Hall–Kier alpha value is -3.68. The molecule has 136 valence electrons. The summed E-state index contributed by atoms with van der Waals surface area (Å²) < 4.78 is 0. The predicted molar refractivity (Wildman–Crippen MR) is 89.2 cm³/mol. The van der Waals surface area contributed by atoms with Gasteiger partial charge in [-0.2, -0.15) is 0 Å². The van der Waals surface area contributed by atoms with Gasteiger partial charge in [-0.1, -0.05) is 37.9 Å². The summed E-state index contributed by atoms with van der Waals surface area (Å²) in [6.45, 7) is 12.9. The lowest BCUT2D eigenvalue weighted by molar-refractivity contribution is -0.230. The Morgan fingerprint density at radius 3 is 1.81 bits per heavy atom. The van der Waals surface area contributed by atoms with Crippen molar-refractivity contribution >= 4 is 30.0 Å². The molecule has 0 aliphatic heterocycles. The third kappa shape index (κ3) is 5.17. The van der Waals surface area contributed by atoms with Gasteiger partial charge < -0.3 is 0 Å². The first-order chi connectivity index (χ1) is 12.2. The van der Waals surface area contributed by atoms with E-state index in [4.69, 9.17) is 0 Å². The van der Waals surface area contributed by atoms with Crippen LogP contribution in [-0.4, -0.2) is 23.9 Å². The second-order valence-electron chi connectivity index (χ2n) is 5.02. The summed E-state index contributed by atoms with van der Waals surface area (Å²) in [6.07, 6.45) is 1.27. The van der Waals surface area contributed by atoms with Gasteiger partial charge in [-0.15, -0.1) is 0 Å². The molecule has 0 amide bonds. The number of carbonyl (C=O) groups is 4. The number of carbonyl (C=O) groups excluding carboxylic acids is 4. The van der Waals surface area contributed by atoms with Crippen LogP contribution in [0.3, 0.4) is 0 Å². The molecular formula is C18H16O8. The van der Waals surface area contributed by atoms with E-state index in [2.05, 4.69) is 39.3 Å². The molecule has 8 heteroatoms. The first kappa shape index (κ1) is 20.4. The number of hydrogen-bond acceptors (Lipinski definition) is 8. The largest absolute Gasteiger partial charge is 0.387 e. The second kappa shape index (κ2) is 8.97. The Balaban J connectivity index is 3.08. The number of rotatable bonds is 5. The summed E-state index contributed by atoms with van der Waals surface area (Å²) >= 11 is 0. The Morgan fingerprint density at radius 2 is 1.35 bits per heavy atom. The van der Waals surface area contributed by atoms with Gasteiger partial charge in [0, 0.05) is 11.1 Å². The summed E-state index contributed by atoms with van der Waals surface area (Å²) in [7, 11) is 0. The normalized spacial score (nSPS) is 9.46. The fourth-order valence-corrected chi connectivity index (χ4v) is 1.52. The molecule has 1 aromatic rings. The van der Waals surface area contributed by atoms with Crippen LogP contribution in [0.2, 0.25) is 0 Å². The summed E-state index contributed by atoms with van der Waals surface area (Å²) in [5.41, 5.74) is -0.395. The second-order valence-corrected chi connectivity index (χ2v) is 5.02. The molecule has 0 aromatic heterocycles. The molecule has 0 aliphatic rings. The van der Waals surface area contributed by atoms with Gasteiger partial charge in [0.05, 0.1) is 11.1 Å². The van der Waals surface area contributed by atoms with Gasteiger partial charge in [-0.3, -0.25) is 0 Å². The molecule has 1 aromatic carbocycles. The lowest BCUT2D eigenvalue weighted by Gasteiger charge is -2.10.